The van der Waals surface area contributed by atoms with Crippen LogP contribution >= 0.6 is 11.6 Å². The first kappa shape index (κ1) is 17.5. The van der Waals surface area contributed by atoms with Crippen molar-refractivity contribution < 1.29 is 9.53 Å². The Morgan fingerprint density at radius 1 is 1.16 bits per heavy atom. The van der Waals surface area contributed by atoms with Crippen LogP contribution in [-0.2, 0) is 4.79 Å². The quantitative estimate of drug-likeness (QED) is 0.757. The molecule has 0 unspecified atom stereocenters. The van der Waals surface area contributed by atoms with Crippen molar-refractivity contribution in [1.82, 2.24) is 4.90 Å². The lowest BCUT2D eigenvalue weighted by Gasteiger charge is -2.31. The van der Waals surface area contributed by atoms with Gasteiger partial charge in [0, 0.05) is 11.6 Å². The molecule has 1 heterocycles. The largest absolute Gasteiger partial charge is 0.449 e. The average Bonchev–Trinajstić information content (AvgIpc) is 2.59. The van der Waals surface area contributed by atoms with E-state index in [0.29, 0.717) is 23.1 Å². The topological polar surface area (TPSA) is 32.8 Å². The number of anilines is 1. The lowest BCUT2D eigenvalue weighted by Crippen LogP contribution is -2.38. The van der Waals surface area contributed by atoms with Gasteiger partial charge in [-0.1, -0.05) is 41.9 Å². The molecule has 0 aliphatic carbocycles. The molecule has 5 heteroatoms. The molecule has 1 amide bonds. The molecule has 4 nitrogen and oxygen atoms in total. The van der Waals surface area contributed by atoms with Crippen LogP contribution in [0.15, 0.2) is 54.3 Å². The zero-order valence-corrected chi connectivity index (χ0v) is 15.2. The van der Waals surface area contributed by atoms with Crippen molar-refractivity contribution in [2.24, 2.45) is 0 Å². The van der Waals surface area contributed by atoms with E-state index < -0.39 is 0 Å². The number of amides is 1. The van der Waals surface area contributed by atoms with Crippen LogP contribution in [0.25, 0.3) is 6.08 Å². The maximum atomic E-state index is 13.0. The fourth-order valence-electron chi connectivity index (χ4n) is 2.75. The standard InChI is InChI=1S/C20H21ClN2O2/c1-22(2)11-6-12-23-17-14-16(21)9-10-18(17)25-19(20(23)24)13-15-7-4-3-5-8-15/h3-5,7-10,13-14H,6,11-12H2,1-2H3/b19-13-. The van der Waals surface area contributed by atoms with Crippen LogP contribution in [0, 0.1) is 0 Å². The summed E-state index contributed by atoms with van der Waals surface area (Å²) < 4.78 is 5.86. The highest BCUT2D eigenvalue weighted by molar-refractivity contribution is 6.31. The summed E-state index contributed by atoms with van der Waals surface area (Å²) >= 11 is 6.12. The zero-order chi connectivity index (χ0) is 17.8. The minimum atomic E-state index is -0.141. The second-order valence-corrected chi connectivity index (χ2v) is 6.68. The zero-order valence-electron chi connectivity index (χ0n) is 14.4. The van der Waals surface area contributed by atoms with Crippen LogP contribution in [0.3, 0.4) is 0 Å². The molecule has 25 heavy (non-hydrogen) atoms. The number of nitrogens with zero attached hydrogens (tertiary/aromatic N) is 2. The SMILES string of the molecule is CN(C)CCCN1C(=O)/C(=C/c2ccccc2)Oc2ccc(Cl)cc21. The van der Waals surface area contributed by atoms with Crippen LogP contribution < -0.4 is 9.64 Å². The predicted molar refractivity (Wildman–Crippen MR) is 102 cm³/mol. The van der Waals surface area contributed by atoms with E-state index in [1.165, 1.54) is 0 Å². The number of carbonyl (C=O) groups excluding carboxylic acids is 1. The number of carbonyl (C=O) groups is 1. The molecule has 2 aromatic carbocycles. The first-order chi connectivity index (χ1) is 12.0. The van der Waals surface area contributed by atoms with Crippen LogP contribution in [0.5, 0.6) is 5.75 Å². The second-order valence-electron chi connectivity index (χ2n) is 6.25. The van der Waals surface area contributed by atoms with Crippen molar-refractivity contribution in [2.45, 2.75) is 6.42 Å². The van der Waals surface area contributed by atoms with Gasteiger partial charge in [0.2, 0.25) is 0 Å². The molecule has 3 rings (SSSR count). The number of benzene rings is 2. The van der Waals surface area contributed by atoms with E-state index >= 15 is 0 Å². The van der Waals surface area contributed by atoms with Gasteiger partial charge in [-0.05, 0) is 56.9 Å². The molecule has 0 saturated carbocycles. The van der Waals surface area contributed by atoms with Crippen molar-refractivity contribution in [2.75, 3.05) is 32.1 Å². The Bertz CT molecular complexity index is 788. The molecule has 0 fully saturated rings. The Balaban J connectivity index is 1.93. The summed E-state index contributed by atoms with van der Waals surface area (Å²) in [5.41, 5.74) is 1.65. The van der Waals surface area contributed by atoms with E-state index in [-0.39, 0.29) is 5.91 Å². The van der Waals surface area contributed by atoms with Gasteiger partial charge in [0.1, 0.15) is 0 Å². The highest BCUT2D eigenvalue weighted by Gasteiger charge is 2.30. The Hall–Kier alpha value is -2.30. The lowest BCUT2D eigenvalue weighted by atomic mass is 10.1. The summed E-state index contributed by atoms with van der Waals surface area (Å²) in [6.45, 7) is 1.51. The summed E-state index contributed by atoms with van der Waals surface area (Å²) in [5, 5.41) is 0.586. The summed E-state index contributed by atoms with van der Waals surface area (Å²) in [5.74, 6) is 0.833. The van der Waals surface area contributed by atoms with Crippen LogP contribution in [0.4, 0.5) is 5.69 Å². The highest BCUT2D eigenvalue weighted by atomic mass is 35.5. The van der Waals surface area contributed by atoms with Gasteiger partial charge < -0.3 is 14.5 Å². The van der Waals surface area contributed by atoms with Gasteiger partial charge in [0.15, 0.2) is 11.5 Å². The van der Waals surface area contributed by atoms with E-state index in [0.717, 1.165) is 24.2 Å². The van der Waals surface area contributed by atoms with Crippen molar-refractivity contribution in [3.05, 3.63) is 64.9 Å². The van der Waals surface area contributed by atoms with Gasteiger partial charge in [-0.2, -0.15) is 0 Å². The number of halogens is 1. The van der Waals surface area contributed by atoms with Crippen LogP contribution in [-0.4, -0.2) is 38.0 Å². The molecule has 0 N–H and O–H groups in total. The minimum absolute atomic E-state index is 0.141. The van der Waals surface area contributed by atoms with Crippen molar-refractivity contribution in [1.29, 1.82) is 0 Å². The van der Waals surface area contributed by atoms with Crippen LogP contribution in [0.1, 0.15) is 12.0 Å². The first-order valence-corrected chi connectivity index (χ1v) is 8.63. The Morgan fingerprint density at radius 2 is 1.92 bits per heavy atom. The highest BCUT2D eigenvalue weighted by Crippen LogP contribution is 2.37. The first-order valence-electron chi connectivity index (χ1n) is 8.25. The Labute approximate surface area is 153 Å². The van der Waals surface area contributed by atoms with Crippen LogP contribution in [0.2, 0.25) is 5.02 Å². The molecule has 0 aromatic heterocycles. The van der Waals surface area contributed by atoms with Gasteiger partial charge >= 0.3 is 0 Å². The number of hydrogen-bond donors (Lipinski definition) is 0. The number of hydrogen-bond acceptors (Lipinski definition) is 3. The third kappa shape index (κ3) is 4.21. The Kier molecular flexibility index (Phi) is 5.41. The number of fused-ring (bicyclic) bond motifs is 1. The normalized spacial score (nSPS) is 15.4. The van der Waals surface area contributed by atoms with E-state index in [4.69, 9.17) is 16.3 Å². The summed E-state index contributed by atoms with van der Waals surface area (Å²) in [6.07, 6.45) is 2.64. The summed E-state index contributed by atoms with van der Waals surface area (Å²) in [6, 6.07) is 15.1. The van der Waals surface area contributed by atoms with Gasteiger partial charge in [-0.3, -0.25) is 4.79 Å². The molecular formula is C20H21ClN2O2. The molecule has 0 atom stereocenters. The molecule has 1 aliphatic heterocycles. The van der Waals surface area contributed by atoms with Crippen molar-refractivity contribution in [3.63, 3.8) is 0 Å². The maximum absolute atomic E-state index is 13.0. The minimum Gasteiger partial charge on any atom is -0.449 e. The van der Waals surface area contributed by atoms with E-state index in [1.807, 2.05) is 50.5 Å². The third-order valence-electron chi connectivity index (χ3n) is 3.97. The summed E-state index contributed by atoms with van der Waals surface area (Å²) in [4.78, 5) is 16.8. The van der Waals surface area contributed by atoms with Gasteiger partial charge in [-0.25, -0.2) is 0 Å². The molecular weight excluding hydrogens is 336 g/mol. The fraction of sp³-hybridized carbons (Fsp3) is 0.250. The monoisotopic (exact) mass is 356 g/mol. The molecule has 130 valence electrons. The number of ether oxygens (including phenoxy) is 1. The van der Waals surface area contributed by atoms with Gasteiger partial charge in [-0.15, -0.1) is 0 Å². The van der Waals surface area contributed by atoms with Crippen molar-refractivity contribution >= 4 is 29.3 Å². The molecule has 2 aromatic rings. The fourth-order valence-corrected chi connectivity index (χ4v) is 2.92. The predicted octanol–water partition coefficient (Wildman–Crippen LogP) is 4.06. The molecule has 0 bridgehead atoms. The lowest BCUT2D eigenvalue weighted by molar-refractivity contribution is -0.117. The van der Waals surface area contributed by atoms with Gasteiger partial charge in [0.05, 0.1) is 5.69 Å². The molecule has 0 saturated heterocycles. The van der Waals surface area contributed by atoms with E-state index in [9.17, 15) is 4.79 Å². The third-order valence-corrected chi connectivity index (χ3v) is 4.21. The average molecular weight is 357 g/mol. The number of rotatable bonds is 5. The second kappa shape index (κ2) is 7.72. The van der Waals surface area contributed by atoms with Gasteiger partial charge in [0.25, 0.3) is 5.91 Å². The molecule has 0 spiro atoms. The maximum Gasteiger partial charge on any atom is 0.294 e. The Morgan fingerprint density at radius 3 is 2.64 bits per heavy atom. The summed E-state index contributed by atoms with van der Waals surface area (Å²) in [7, 11) is 4.04. The smallest absolute Gasteiger partial charge is 0.294 e. The molecule has 0 radical (unpaired) electrons. The van der Waals surface area contributed by atoms with Crippen molar-refractivity contribution in [3.8, 4) is 5.75 Å². The van der Waals surface area contributed by atoms with E-state index in [2.05, 4.69) is 4.90 Å². The molecule has 1 aliphatic rings. The van der Waals surface area contributed by atoms with E-state index in [1.54, 1.807) is 23.1 Å².